The van der Waals surface area contributed by atoms with Crippen molar-refractivity contribution in [1.82, 2.24) is 14.3 Å². The number of hydrogen-bond acceptors (Lipinski definition) is 2. The highest BCUT2D eigenvalue weighted by Crippen LogP contribution is 2.34. The van der Waals surface area contributed by atoms with E-state index in [1.165, 1.54) is 12.0 Å². The van der Waals surface area contributed by atoms with Crippen molar-refractivity contribution in [3.63, 3.8) is 0 Å². The van der Waals surface area contributed by atoms with Crippen LogP contribution in [0.5, 0.6) is 0 Å². The summed E-state index contributed by atoms with van der Waals surface area (Å²) in [6.45, 7) is 13.0. The smallest absolute Gasteiger partial charge is 0.285 e. The lowest BCUT2D eigenvalue weighted by Gasteiger charge is -2.41. The van der Waals surface area contributed by atoms with Gasteiger partial charge in [-0.1, -0.05) is 69.0 Å². The quantitative estimate of drug-likeness (QED) is 0.363. The Hall–Kier alpha value is -2.11. The van der Waals surface area contributed by atoms with Crippen molar-refractivity contribution >= 4 is 22.1 Å². The van der Waals surface area contributed by atoms with Crippen LogP contribution in [-0.2, 0) is 19.0 Å². The predicted molar refractivity (Wildman–Crippen MR) is 136 cm³/mol. The molecule has 1 saturated heterocycles. The standard InChI is InChI=1S/C21H26BrN3O.C5H10/c1-4-5-14-25-20(26)19(22)18(23(25)3)15-24-13-9-12-21(2,16-24)17-10-7-6-8-11-17;1-3-5-4-2/h4-8,10-11,14H,1,9,12-13,15-16H2,2-3H3;3,5H,4H2,1-2H3/b14-5+;5-3-. The zero-order valence-corrected chi connectivity index (χ0v) is 20.9. The van der Waals surface area contributed by atoms with E-state index in [2.05, 4.69) is 83.7 Å². The number of aromatic nitrogens is 2. The predicted octanol–water partition coefficient (Wildman–Crippen LogP) is 6.13. The molecule has 3 rings (SSSR count). The van der Waals surface area contributed by atoms with E-state index in [0.717, 1.165) is 38.2 Å². The van der Waals surface area contributed by atoms with Gasteiger partial charge < -0.3 is 0 Å². The van der Waals surface area contributed by atoms with Gasteiger partial charge in [0.2, 0.25) is 0 Å². The van der Waals surface area contributed by atoms with Crippen LogP contribution in [0.25, 0.3) is 6.20 Å². The summed E-state index contributed by atoms with van der Waals surface area (Å²) in [6, 6.07) is 10.8. The molecule has 4 nitrogen and oxygen atoms in total. The molecule has 0 saturated carbocycles. The number of benzene rings is 1. The van der Waals surface area contributed by atoms with Crippen LogP contribution in [-0.4, -0.2) is 27.4 Å². The van der Waals surface area contributed by atoms with Gasteiger partial charge in [-0.3, -0.25) is 14.4 Å². The van der Waals surface area contributed by atoms with E-state index in [1.54, 1.807) is 23.0 Å². The van der Waals surface area contributed by atoms with Gasteiger partial charge in [0.1, 0.15) is 4.47 Å². The summed E-state index contributed by atoms with van der Waals surface area (Å²) in [5.41, 5.74) is 2.50. The molecule has 1 unspecified atom stereocenters. The topological polar surface area (TPSA) is 30.2 Å². The number of nitrogens with zero attached hydrogens (tertiary/aromatic N) is 3. The van der Waals surface area contributed by atoms with E-state index < -0.39 is 0 Å². The summed E-state index contributed by atoms with van der Waals surface area (Å²) in [5.74, 6) is 0. The second-order valence-electron chi connectivity index (χ2n) is 8.23. The molecule has 31 heavy (non-hydrogen) atoms. The zero-order chi connectivity index (χ0) is 22.9. The highest BCUT2D eigenvalue weighted by atomic mass is 79.9. The summed E-state index contributed by atoms with van der Waals surface area (Å²) < 4.78 is 4.17. The van der Waals surface area contributed by atoms with Crippen molar-refractivity contribution in [2.24, 2.45) is 7.05 Å². The van der Waals surface area contributed by atoms with Gasteiger partial charge in [-0.2, -0.15) is 0 Å². The van der Waals surface area contributed by atoms with Crippen LogP contribution in [0.15, 0.2) is 70.5 Å². The monoisotopic (exact) mass is 485 g/mol. The van der Waals surface area contributed by atoms with Crippen LogP contribution in [0.4, 0.5) is 0 Å². The molecular weight excluding hydrogens is 450 g/mol. The maximum absolute atomic E-state index is 12.5. The van der Waals surface area contributed by atoms with E-state index in [1.807, 2.05) is 18.7 Å². The van der Waals surface area contributed by atoms with Crippen molar-refractivity contribution in [3.8, 4) is 0 Å². The minimum Gasteiger partial charge on any atom is -0.297 e. The molecule has 0 amide bonds. The van der Waals surface area contributed by atoms with Crippen molar-refractivity contribution in [1.29, 1.82) is 0 Å². The van der Waals surface area contributed by atoms with Gasteiger partial charge >= 0.3 is 0 Å². The first-order valence-electron chi connectivity index (χ1n) is 11.0. The van der Waals surface area contributed by atoms with Gasteiger partial charge in [0.25, 0.3) is 5.56 Å². The molecule has 5 heteroatoms. The Morgan fingerprint density at radius 3 is 2.55 bits per heavy atom. The summed E-state index contributed by atoms with van der Waals surface area (Å²) in [6.07, 6.45) is 12.9. The molecular formula is C26H36BrN3O. The van der Waals surface area contributed by atoms with Gasteiger partial charge in [-0.15, -0.1) is 0 Å². The average molecular weight is 486 g/mol. The van der Waals surface area contributed by atoms with Gasteiger partial charge in [-0.25, -0.2) is 4.68 Å². The van der Waals surface area contributed by atoms with Gasteiger partial charge in [0.05, 0.1) is 5.69 Å². The molecule has 168 valence electrons. The molecule has 2 heterocycles. The Balaban J connectivity index is 0.000000614. The van der Waals surface area contributed by atoms with E-state index in [4.69, 9.17) is 0 Å². The summed E-state index contributed by atoms with van der Waals surface area (Å²) >= 11 is 3.50. The third-order valence-electron chi connectivity index (χ3n) is 5.82. The Kier molecular flexibility index (Phi) is 9.79. The number of likely N-dealkylation sites (tertiary alicyclic amines) is 1. The Bertz CT molecular complexity index is 955. The maximum atomic E-state index is 12.5. The lowest BCUT2D eigenvalue weighted by Crippen LogP contribution is -2.44. The van der Waals surface area contributed by atoms with Crippen molar-refractivity contribution in [2.75, 3.05) is 13.1 Å². The fraction of sp³-hybridized carbons (Fsp3) is 0.423. The molecule has 1 fully saturated rings. The first kappa shape index (κ1) is 25.2. The maximum Gasteiger partial charge on any atom is 0.285 e. The Morgan fingerprint density at radius 1 is 1.26 bits per heavy atom. The van der Waals surface area contributed by atoms with Gasteiger partial charge in [0, 0.05) is 31.8 Å². The fourth-order valence-corrected chi connectivity index (χ4v) is 4.68. The first-order chi connectivity index (χ1) is 14.9. The molecule has 1 aliphatic heterocycles. The molecule has 1 aromatic carbocycles. The van der Waals surface area contributed by atoms with Crippen LogP contribution in [0.3, 0.4) is 0 Å². The highest BCUT2D eigenvalue weighted by molar-refractivity contribution is 9.10. The Morgan fingerprint density at radius 2 is 1.97 bits per heavy atom. The molecule has 0 bridgehead atoms. The summed E-state index contributed by atoms with van der Waals surface area (Å²) in [5, 5.41) is 0. The van der Waals surface area contributed by atoms with E-state index in [0.29, 0.717) is 4.47 Å². The normalized spacial score (nSPS) is 19.5. The molecule has 1 aliphatic rings. The second kappa shape index (κ2) is 12.1. The number of halogens is 1. The molecule has 2 aromatic rings. The largest absolute Gasteiger partial charge is 0.297 e. The molecule has 1 aromatic heterocycles. The van der Waals surface area contributed by atoms with Crippen LogP contribution < -0.4 is 5.56 Å². The summed E-state index contributed by atoms with van der Waals surface area (Å²) in [7, 11) is 1.93. The minimum atomic E-state index is -0.0385. The molecule has 0 N–H and O–H groups in total. The van der Waals surface area contributed by atoms with Crippen LogP contribution in [0.2, 0.25) is 0 Å². The SMILES string of the molecule is C/C=C\CC.C=C/C=C/n1c(=O)c(Br)c(CN2CCCC(C)(c3ccccc3)C2)n1C. The number of piperidine rings is 1. The van der Waals surface area contributed by atoms with Gasteiger partial charge in [-0.05, 0) is 60.3 Å². The first-order valence-corrected chi connectivity index (χ1v) is 11.8. The van der Waals surface area contributed by atoms with Crippen LogP contribution in [0.1, 0.15) is 51.3 Å². The van der Waals surface area contributed by atoms with Crippen LogP contribution >= 0.6 is 15.9 Å². The highest BCUT2D eigenvalue weighted by Gasteiger charge is 2.33. The lowest BCUT2D eigenvalue weighted by molar-refractivity contribution is 0.146. The minimum absolute atomic E-state index is 0.0385. The second-order valence-corrected chi connectivity index (χ2v) is 9.02. The molecule has 0 aliphatic carbocycles. The third kappa shape index (κ3) is 6.44. The number of allylic oxidation sites excluding steroid dienone is 4. The van der Waals surface area contributed by atoms with Crippen molar-refractivity contribution in [3.05, 3.63) is 87.3 Å². The number of hydrogen-bond donors (Lipinski definition) is 0. The van der Waals surface area contributed by atoms with E-state index in [9.17, 15) is 4.79 Å². The van der Waals surface area contributed by atoms with Gasteiger partial charge in [0.15, 0.2) is 0 Å². The molecule has 0 radical (unpaired) electrons. The zero-order valence-electron chi connectivity index (χ0n) is 19.4. The summed E-state index contributed by atoms with van der Waals surface area (Å²) in [4.78, 5) is 15.0. The Labute approximate surface area is 195 Å². The van der Waals surface area contributed by atoms with Crippen molar-refractivity contribution in [2.45, 2.75) is 52.0 Å². The average Bonchev–Trinajstić information content (AvgIpc) is 2.97. The fourth-order valence-electron chi connectivity index (χ4n) is 4.12. The van der Waals surface area contributed by atoms with Crippen molar-refractivity contribution < 1.29 is 0 Å². The molecule has 1 atom stereocenters. The van der Waals surface area contributed by atoms with E-state index in [-0.39, 0.29) is 11.0 Å². The molecule has 0 spiro atoms. The number of rotatable bonds is 6. The lowest BCUT2D eigenvalue weighted by atomic mass is 9.76. The third-order valence-corrected chi connectivity index (χ3v) is 6.61. The van der Waals surface area contributed by atoms with Crippen LogP contribution in [0, 0.1) is 0 Å². The van der Waals surface area contributed by atoms with E-state index >= 15 is 0 Å².